The summed E-state index contributed by atoms with van der Waals surface area (Å²) in [5.74, 6) is 6.83. The number of nitrogen functional groups attached to an aromatic ring is 1. The van der Waals surface area contributed by atoms with Crippen LogP contribution in [-0.4, -0.2) is 40.5 Å². The average molecular weight is 285 g/mol. The van der Waals surface area contributed by atoms with Gasteiger partial charge in [0.25, 0.3) is 0 Å². The van der Waals surface area contributed by atoms with Crippen molar-refractivity contribution in [1.82, 2.24) is 9.97 Å². The normalized spacial score (nSPS) is 10.8. The summed E-state index contributed by atoms with van der Waals surface area (Å²) >= 11 is 1.47. The molecule has 0 radical (unpaired) electrons. The maximum Gasteiger partial charge on any atom is 0.191 e. The molecule has 0 fully saturated rings. The Hall–Kier alpha value is -1.05. The fourth-order valence-corrected chi connectivity index (χ4v) is 2.42. The molecule has 1 heterocycles. The van der Waals surface area contributed by atoms with Crippen LogP contribution < -0.4 is 16.2 Å². The van der Waals surface area contributed by atoms with E-state index in [2.05, 4.69) is 34.1 Å². The van der Waals surface area contributed by atoms with Gasteiger partial charge < -0.3 is 15.4 Å². The van der Waals surface area contributed by atoms with Crippen LogP contribution in [0.25, 0.3) is 0 Å². The molecule has 1 rings (SSSR count). The number of nitrogens with zero attached hydrogens (tertiary/aromatic N) is 3. The molecule has 0 bridgehead atoms. The first-order chi connectivity index (χ1) is 9.19. The largest absolute Gasteiger partial charge is 0.395 e. The minimum Gasteiger partial charge on any atom is -0.395 e. The summed E-state index contributed by atoms with van der Waals surface area (Å²) < 4.78 is 0. The highest BCUT2D eigenvalue weighted by Crippen LogP contribution is 2.23. The van der Waals surface area contributed by atoms with Gasteiger partial charge in [-0.3, -0.25) is 0 Å². The van der Waals surface area contributed by atoms with E-state index in [1.165, 1.54) is 11.8 Å². The SMILES string of the molecule is CCC(CC)N(CCO)c1cc(NN)nc(SC)n1. The molecule has 0 aromatic carbocycles. The van der Waals surface area contributed by atoms with Gasteiger partial charge in [-0.1, -0.05) is 25.6 Å². The van der Waals surface area contributed by atoms with E-state index in [0.717, 1.165) is 18.7 Å². The van der Waals surface area contributed by atoms with E-state index in [-0.39, 0.29) is 6.61 Å². The third kappa shape index (κ3) is 4.22. The first kappa shape index (κ1) is 16.0. The van der Waals surface area contributed by atoms with Gasteiger partial charge in [0.2, 0.25) is 0 Å². The monoisotopic (exact) mass is 285 g/mol. The van der Waals surface area contributed by atoms with Crippen LogP contribution in [-0.2, 0) is 0 Å². The second-order valence-electron chi connectivity index (χ2n) is 4.13. The van der Waals surface area contributed by atoms with Gasteiger partial charge in [0, 0.05) is 18.7 Å². The fraction of sp³-hybridized carbons (Fsp3) is 0.667. The Kier molecular flexibility index (Phi) is 6.90. The van der Waals surface area contributed by atoms with Crippen molar-refractivity contribution in [1.29, 1.82) is 0 Å². The van der Waals surface area contributed by atoms with Crippen LogP contribution >= 0.6 is 11.8 Å². The summed E-state index contributed by atoms with van der Waals surface area (Å²) in [5, 5.41) is 9.93. The van der Waals surface area contributed by atoms with Gasteiger partial charge in [0.1, 0.15) is 11.6 Å². The Bertz CT molecular complexity index is 364. The maximum absolute atomic E-state index is 9.26. The molecular weight excluding hydrogens is 262 g/mol. The van der Waals surface area contributed by atoms with E-state index < -0.39 is 0 Å². The predicted molar refractivity (Wildman–Crippen MR) is 80.4 cm³/mol. The van der Waals surface area contributed by atoms with E-state index in [9.17, 15) is 5.11 Å². The summed E-state index contributed by atoms with van der Waals surface area (Å²) in [4.78, 5) is 10.9. The zero-order valence-electron chi connectivity index (χ0n) is 11.8. The van der Waals surface area contributed by atoms with Crippen LogP contribution in [0.3, 0.4) is 0 Å². The van der Waals surface area contributed by atoms with Gasteiger partial charge in [0.15, 0.2) is 5.16 Å². The van der Waals surface area contributed by atoms with Gasteiger partial charge >= 0.3 is 0 Å². The van der Waals surface area contributed by atoms with E-state index >= 15 is 0 Å². The smallest absolute Gasteiger partial charge is 0.191 e. The van der Waals surface area contributed by atoms with Crippen molar-refractivity contribution in [3.63, 3.8) is 0 Å². The lowest BCUT2D eigenvalue weighted by atomic mass is 10.1. The minimum absolute atomic E-state index is 0.0977. The summed E-state index contributed by atoms with van der Waals surface area (Å²) in [6, 6.07) is 2.16. The summed E-state index contributed by atoms with van der Waals surface area (Å²) in [5.41, 5.74) is 2.56. The maximum atomic E-state index is 9.26. The molecule has 19 heavy (non-hydrogen) atoms. The van der Waals surface area contributed by atoms with Crippen LogP contribution in [0.15, 0.2) is 11.2 Å². The van der Waals surface area contributed by atoms with Crippen LogP contribution in [0.1, 0.15) is 26.7 Å². The number of rotatable bonds is 8. The molecule has 0 aliphatic heterocycles. The lowest BCUT2D eigenvalue weighted by molar-refractivity contribution is 0.295. The molecule has 4 N–H and O–H groups in total. The molecule has 0 amide bonds. The van der Waals surface area contributed by atoms with Crippen molar-refractivity contribution in [2.75, 3.05) is 29.7 Å². The Morgan fingerprint density at radius 1 is 1.42 bits per heavy atom. The molecule has 0 unspecified atom stereocenters. The van der Waals surface area contributed by atoms with Crippen molar-refractivity contribution in [2.45, 2.75) is 37.9 Å². The van der Waals surface area contributed by atoms with Crippen molar-refractivity contribution >= 4 is 23.4 Å². The quantitative estimate of drug-likeness (QED) is 0.288. The highest BCUT2D eigenvalue weighted by molar-refractivity contribution is 7.98. The van der Waals surface area contributed by atoms with Crippen molar-refractivity contribution < 1.29 is 5.11 Å². The second-order valence-corrected chi connectivity index (χ2v) is 4.90. The number of hydrogen-bond donors (Lipinski definition) is 3. The molecule has 0 spiro atoms. The standard InChI is InChI=1S/C12H23N5OS/c1-4-9(5-2)17(6-7-18)11-8-10(16-13)14-12(15-11)19-3/h8-9,18H,4-7,13H2,1-3H3,(H,14,15,16). The predicted octanol–water partition coefficient (Wildman–Crippen LogP) is 1.47. The summed E-state index contributed by atoms with van der Waals surface area (Å²) in [7, 11) is 0. The lowest BCUT2D eigenvalue weighted by Crippen LogP contribution is -2.37. The molecule has 0 saturated carbocycles. The lowest BCUT2D eigenvalue weighted by Gasteiger charge is -2.31. The Labute approximate surface area is 118 Å². The number of thioether (sulfide) groups is 1. The van der Waals surface area contributed by atoms with E-state index in [0.29, 0.717) is 23.6 Å². The molecule has 0 atom stereocenters. The number of nitrogens with two attached hydrogens (primary N) is 1. The molecule has 7 heteroatoms. The van der Waals surface area contributed by atoms with Crippen molar-refractivity contribution in [2.24, 2.45) is 5.84 Å². The van der Waals surface area contributed by atoms with Crippen LogP contribution in [0.5, 0.6) is 0 Å². The number of hydrogen-bond acceptors (Lipinski definition) is 7. The molecule has 108 valence electrons. The van der Waals surface area contributed by atoms with Gasteiger partial charge in [0.05, 0.1) is 6.61 Å². The third-order valence-electron chi connectivity index (χ3n) is 3.04. The average Bonchev–Trinajstić information content (AvgIpc) is 2.46. The van der Waals surface area contributed by atoms with Gasteiger partial charge in [-0.15, -0.1) is 0 Å². The van der Waals surface area contributed by atoms with E-state index in [1.54, 1.807) is 0 Å². The molecule has 1 aromatic rings. The number of anilines is 2. The number of aromatic nitrogens is 2. The Morgan fingerprint density at radius 2 is 2.11 bits per heavy atom. The van der Waals surface area contributed by atoms with E-state index in [1.807, 2.05) is 12.3 Å². The summed E-state index contributed by atoms with van der Waals surface area (Å²) in [6.45, 7) is 4.93. The first-order valence-corrected chi connectivity index (χ1v) is 7.69. The number of nitrogens with one attached hydrogen (secondary N) is 1. The number of aliphatic hydroxyl groups excluding tert-OH is 1. The van der Waals surface area contributed by atoms with Crippen molar-refractivity contribution in [3.8, 4) is 0 Å². The minimum atomic E-state index is 0.0977. The summed E-state index contributed by atoms with van der Waals surface area (Å²) in [6.07, 6.45) is 3.92. The number of aliphatic hydroxyl groups is 1. The highest BCUT2D eigenvalue weighted by atomic mass is 32.2. The fourth-order valence-electron chi connectivity index (χ4n) is 2.05. The van der Waals surface area contributed by atoms with Gasteiger partial charge in [-0.2, -0.15) is 0 Å². The molecule has 0 aliphatic rings. The molecule has 1 aromatic heterocycles. The third-order valence-corrected chi connectivity index (χ3v) is 3.59. The highest BCUT2D eigenvalue weighted by Gasteiger charge is 2.18. The van der Waals surface area contributed by atoms with Crippen LogP contribution in [0, 0.1) is 0 Å². The Balaban J connectivity index is 3.12. The second kappa shape index (κ2) is 8.19. The zero-order chi connectivity index (χ0) is 14.3. The van der Waals surface area contributed by atoms with Gasteiger partial charge in [-0.05, 0) is 19.1 Å². The van der Waals surface area contributed by atoms with Gasteiger partial charge in [-0.25, -0.2) is 15.8 Å². The van der Waals surface area contributed by atoms with E-state index in [4.69, 9.17) is 5.84 Å². The molecule has 0 aliphatic carbocycles. The topological polar surface area (TPSA) is 87.3 Å². The van der Waals surface area contributed by atoms with Crippen molar-refractivity contribution in [3.05, 3.63) is 6.07 Å². The van der Waals surface area contributed by atoms with Crippen LogP contribution in [0.2, 0.25) is 0 Å². The number of hydrazine groups is 1. The Morgan fingerprint density at radius 3 is 2.58 bits per heavy atom. The molecular formula is C12H23N5OS. The zero-order valence-corrected chi connectivity index (χ0v) is 12.6. The molecule has 0 saturated heterocycles. The first-order valence-electron chi connectivity index (χ1n) is 6.47. The van der Waals surface area contributed by atoms with Crippen LogP contribution in [0.4, 0.5) is 11.6 Å². The molecule has 6 nitrogen and oxygen atoms in total.